The lowest BCUT2D eigenvalue weighted by molar-refractivity contribution is -0.135. The van der Waals surface area contributed by atoms with Crippen LogP contribution in [0.1, 0.15) is 6.42 Å². The first-order valence-corrected chi connectivity index (χ1v) is 3.41. The second-order valence-corrected chi connectivity index (χ2v) is 2.30. The smallest absolute Gasteiger partial charge is 0.375 e. The van der Waals surface area contributed by atoms with Gasteiger partial charge in [0.1, 0.15) is 6.04 Å². The molecule has 0 aliphatic carbocycles. The van der Waals surface area contributed by atoms with Gasteiger partial charge in [0.25, 0.3) is 0 Å². The summed E-state index contributed by atoms with van der Waals surface area (Å²) in [5.41, 5.74) is 0. The molecule has 0 aromatic rings. The van der Waals surface area contributed by atoms with Gasteiger partial charge in [-0.25, -0.2) is 9.59 Å². The van der Waals surface area contributed by atoms with E-state index in [0.717, 1.165) is 0 Å². The van der Waals surface area contributed by atoms with Crippen LogP contribution in [-0.4, -0.2) is 31.7 Å². The van der Waals surface area contributed by atoms with Crippen LogP contribution in [0.5, 0.6) is 0 Å². The summed E-state index contributed by atoms with van der Waals surface area (Å²) in [6.45, 7) is 0.681. The molecular formula is C6H10N2O3. The molecule has 0 saturated carbocycles. The Morgan fingerprint density at radius 3 is 2.82 bits per heavy atom. The second-order valence-electron chi connectivity index (χ2n) is 2.30. The van der Waals surface area contributed by atoms with Gasteiger partial charge in [0.05, 0.1) is 0 Å². The predicted octanol–water partition coefficient (Wildman–Crippen LogP) is -0.769. The molecule has 5 nitrogen and oxygen atoms in total. The highest BCUT2D eigenvalue weighted by Crippen LogP contribution is 2.02. The topological polar surface area (TPSA) is 67.4 Å². The maximum absolute atomic E-state index is 10.8. The van der Waals surface area contributed by atoms with Crippen LogP contribution in [0, 0.1) is 0 Å². The Bertz CT molecular complexity index is 181. The quantitative estimate of drug-likeness (QED) is 0.418. The lowest BCUT2D eigenvalue weighted by Crippen LogP contribution is -2.31. The highest BCUT2D eigenvalue weighted by atomic mass is 16.6. The molecule has 62 valence electrons. The van der Waals surface area contributed by atoms with Gasteiger partial charge in [-0.3, -0.25) is 0 Å². The number of rotatable bonds is 3. The number of amides is 1. The minimum atomic E-state index is -0.642. The van der Waals surface area contributed by atoms with E-state index in [1.54, 1.807) is 7.05 Å². The average Bonchev–Trinajstić information content (AvgIpc) is 2.26. The van der Waals surface area contributed by atoms with E-state index in [2.05, 4.69) is 15.4 Å². The predicted molar refractivity (Wildman–Crippen MR) is 37.0 cm³/mol. The van der Waals surface area contributed by atoms with Crippen molar-refractivity contribution in [2.24, 2.45) is 0 Å². The summed E-state index contributed by atoms with van der Waals surface area (Å²) in [4.78, 5) is 21.2. The van der Waals surface area contributed by atoms with Gasteiger partial charge >= 0.3 is 12.1 Å². The first kappa shape index (κ1) is 8.00. The number of alkyl carbamates (subject to hydrolysis) is 1. The Balaban J connectivity index is 2.34. The molecule has 1 aliphatic rings. The van der Waals surface area contributed by atoms with E-state index in [1.807, 2.05) is 0 Å². The molecule has 1 unspecified atom stereocenters. The molecule has 2 N–H and O–H groups in total. The fourth-order valence-electron chi connectivity index (χ4n) is 0.872. The molecule has 0 aromatic heterocycles. The molecule has 1 rings (SSSR count). The van der Waals surface area contributed by atoms with Gasteiger partial charge in [-0.2, -0.15) is 0 Å². The Morgan fingerprint density at radius 1 is 1.64 bits per heavy atom. The van der Waals surface area contributed by atoms with E-state index >= 15 is 0 Å². The van der Waals surface area contributed by atoms with E-state index in [-0.39, 0.29) is 0 Å². The van der Waals surface area contributed by atoms with Crippen molar-refractivity contribution < 1.29 is 14.3 Å². The summed E-state index contributed by atoms with van der Waals surface area (Å²) >= 11 is 0. The number of hydrogen-bond donors (Lipinski definition) is 2. The fourth-order valence-corrected chi connectivity index (χ4v) is 0.872. The molecular weight excluding hydrogens is 148 g/mol. The van der Waals surface area contributed by atoms with Crippen molar-refractivity contribution in [3.8, 4) is 0 Å². The molecule has 5 heteroatoms. The number of hydrogen-bond acceptors (Lipinski definition) is 4. The van der Waals surface area contributed by atoms with Gasteiger partial charge < -0.3 is 15.4 Å². The Kier molecular flexibility index (Phi) is 2.43. The van der Waals surface area contributed by atoms with Gasteiger partial charge in [0.15, 0.2) is 0 Å². The third kappa shape index (κ3) is 1.91. The Labute approximate surface area is 64.1 Å². The maximum atomic E-state index is 10.8. The van der Waals surface area contributed by atoms with Crippen LogP contribution in [0.15, 0.2) is 0 Å². The monoisotopic (exact) mass is 158 g/mol. The van der Waals surface area contributed by atoms with Crippen molar-refractivity contribution >= 4 is 12.1 Å². The van der Waals surface area contributed by atoms with Crippen LogP contribution in [0.2, 0.25) is 0 Å². The highest BCUT2D eigenvalue weighted by molar-refractivity contribution is 5.95. The summed E-state index contributed by atoms with van der Waals surface area (Å²) in [7, 11) is 1.78. The zero-order valence-electron chi connectivity index (χ0n) is 6.22. The zero-order valence-corrected chi connectivity index (χ0v) is 6.22. The minimum absolute atomic E-state index is 0.463. The molecule has 0 bridgehead atoms. The average molecular weight is 158 g/mol. The molecule has 11 heavy (non-hydrogen) atoms. The second kappa shape index (κ2) is 3.34. The van der Waals surface area contributed by atoms with Crippen LogP contribution >= 0.6 is 0 Å². The van der Waals surface area contributed by atoms with Gasteiger partial charge in [-0.15, -0.1) is 0 Å². The normalized spacial score (nSPS) is 23.2. The number of cyclic esters (lactones) is 2. The van der Waals surface area contributed by atoms with Gasteiger partial charge in [-0.1, -0.05) is 0 Å². The van der Waals surface area contributed by atoms with E-state index in [0.29, 0.717) is 13.0 Å². The third-order valence-electron chi connectivity index (χ3n) is 1.45. The van der Waals surface area contributed by atoms with Crippen LogP contribution in [-0.2, 0) is 9.53 Å². The van der Waals surface area contributed by atoms with E-state index < -0.39 is 18.1 Å². The lowest BCUT2D eigenvalue weighted by atomic mass is 10.2. The summed E-state index contributed by atoms with van der Waals surface area (Å²) in [5, 5.41) is 5.26. The van der Waals surface area contributed by atoms with Crippen LogP contribution in [0.25, 0.3) is 0 Å². The molecule has 1 aliphatic heterocycles. The van der Waals surface area contributed by atoms with Crippen molar-refractivity contribution in [3.63, 3.8) is 0 Å². The van der Waals surface area contributed by atoms with Crippen molar-refractivity contribution in [3.05, 3.63) is 0 Å². The number of carbonyl (C=O) groups is 2. The summed E-state index contributed by atoms with van der Waals surface area (Å²) < 4.78 is 4.25. The van der Waals surface area contributed by atoms with Crippen LogP contribution in [0.4, 0.5) is 4.79 Å². The molecule has 1 amide bonds. The number of esters is 1. The maximum Gasteiger partial charge on any atom is 0.415 e. The van der Waals surface area contributed by atoms with E-state index in [4.69, 9.17) is 0 Å². The Hall–Kier alpha value is -1.10. The summed E-state index contributed by atoms with van der Waals surface area (Å²) in [5.74, 6) is -0.481. The first-order chi connectivity index (χ1) is 5.24. The van der Waals surface area contributed by atoms with Crippen molar-refractivity contribution in [2.45, 2.75) is 12.5 Å². The summed E-state index contributed by atoms with van der Waals surface area (Å²) in [6.07, 6.45) is -0.0720. The SMILES string of the molecule is CNCCC1NC(=O)OC1=O. The molecule has 1 atom stereocenters. The fraction of sp³-hybridized carbons (Fsp3) is 0.667. The van der Waals surface area contributed by atoms with Crippen molar-refractivity contribution in [1.82, 2.24) is 10.6 Å². The number of carbonyl (C=O) groups excluding carboxylic acids is 2. The van der Waals surface area contributed by atoms with Crippen LogP contribution in [0.3, 0.4) is 0 Å². The van der Waals surface area contributed by atoms with E-state index in [9.17, 15) is 9.59 Å². The number of nitrogens with one attached hydrogen (secondary N) is 2. The highest BCUT2D eigenvalue weighted by Gasteiger charge is 2.31. The third-order valence-corrected chi connectivity index (χ3v) is 1.45. The molecule has 0 aromatic carbocycles. The molecule has 1 fully saturated rings. The van der Waals surface area contributed by atoms with Gasteiger partial charge in [0, 0.05) is 0 Å². The zero-order chi connectivity index (χ0) is 8.27. The molecule has 0 radical (unpaired) electrons. The van der Waals surface area contributed by atoms with Gasteiger partial charge in [0.2, 0.25) is 0 Å². The number of ether oxygens (including phenoxy) is 1. The van der Waals surface area contributed by atoms with Gasteiger partial charge in [-0.05, 0) is 20.0 Å². The summed E-state index contributed by atoms with van der Waals surface area (Å²) in [6, 6.07) is -0.463. The lowest BCUT2D eigenvalue weighted by Gasteiger charge is -2.02. The van der Waals surface area contributed by atoms with E-state index in [1.165, 1.54) is 0 Å². The van der Waals surface area contributed by atoms with Crippen molar-refractivity contribution in [1.29, 1.82) is 0 Å². The van der Waals surface area contributed by atoms with Crippen LogP contribution < -0.4 is 10.6 Å². The first-order valence-electron chi connectivity index (χ1n) is 3.41. The van der Waals surface area contributed by atoms with Crippen molar-refractivity contribution in [2.75, 3.05) is 13.6 Å². The molecule has 1 saturated heterocycles. The largest absolute Gasteiger partial charge is 0.415 e. The molecule has 1 heterocycles. The molecule has 0 spiro atoms. The standard InChI is InChI=1S/C6H10N2O3/c1-7-3-2-4-5(9)11-6(10)8-4/h4,7H,2-3H2,1H3,(H,8,10). The Morgan fingerprint density at radius 2 is 2.36 bits per heavy atom. The minimum Gasteiger partial charge on any atom is -0.375 e.